The molecule has 1 atom stereocenters. The fourth-order valence-corrected chi connectivity index (χ4v) is 1.91. The summed E-state index contributed by atoms with van der Waals surface area (Å²) < 4.78 is 6.15. The van der Waals surface area contributed by atoms with Crippen molar-refractivity contribution < 1.29 is 9.53 Å². The summed E-state index contributed by atoms with van der Waals surface area (Å²) in [6.07, 6.45) is -0.00474. The number of benzene rings is 1. The minimum atomic E-state index is -0.192. The molecule has 1 unspecified atom stereocenters. The molecule has 0 aliphatic carbocycles. The van der Waals surface area contributed by atoms with Crippen molar-refractivity contribution >= 4 is 33.4 Å². The van der Waals surface area contributed by atoms with E-state index in [1.807, 2.05) is 13.8 Å². The van der Waals surface area contributed by atoms with Crippen molar-refractivity contribution in [1.82, 2.24) is 5.32 Å². The lowest BCUT2D eigenvalue weighted by Gasteiger charge is -2.13. The van der Waals surface area contributed by atoms with Crippen LogP contribution in [0.2, 0.25) is 5.02 Å². The summed E-state index contributed by atoms with van der Waals surface area (Å²) in [4.78, 5) is 11.9. The van der Waals surface area contributed by atoms with E-state index in [0.29, 0.717) is 23.7 Å². The average molecular weight is 321 g/mol. The van der Waals surface area contributed by atoms with E-state index in [9.17, 15) is 4.79 Å². The molecule has 1 amide bonds. The summed E-state index contributed by atoms with van der Waals surface area (Å²) in [5.74, 6) is -0.192. The lowest BCUT2D eigenvalue weighted by atomic mass is 10.2. The molecule has 0 radical (unpaired) electrons. The van der Waals surface area contributed by atoms with Gasteiger partial charge >= 0.3 is 0 Å². The molecule has 0 fully saturated rings. The predicted molar refractivity (Wildman–Crippen MR) is 72.6 cm³/mol. The first-order valence-corrected chi connectivity index (χ1v) is 6.56. The Kier molecular flexibility index (Phi) is 5.95. The molecule has 0 saturated carbocycles. The summed E-state index contributed by atoms with van der Waals surface area (Å²) in [7, 11) is 0. The van der Waals surface area contributed by atoms with E-state index < -0.39 is 0 Å². The van der Waals surface area contributed by atoms with Gasteiger partial charge in [-0.1, -0.05) is 27.5 Å². The monoisotopic (exact) mass is 319 g/mol. The molecule has 1 aromatic carbocycles. The van der Waals surface area contributed by atoms with E-state index in [0.717, 1.165) is 4.47 Å². The van der Waals surface area contributed by atoms with Gasteiger partial charge < -0.3 is 10.1 Å². The quantitative estimate of drug-likeness (QED) is 0.904. The third-order valence-corrected chi connectivity index (χ3v) is 3.00. The number of hydrogen-bond donors (Lipinski definition) is 1. The molecule has 94 valence electrons. The lowest BCUT2D eigenvalue weighted by Crippen LogP contribution is -2.32. The van der Waals surface area contributed by atoms with Crippen LogP contribution in [0.3, 0.4) is 0 Å². The van der Waals surface area contributed by atoms with E-state index in [4.69, 9.17) is 16.3 Å². The zero-order valence-corrected chi connectivity index (χ0v) is 12.1. The standard InChI is InChI=1S/C12H15BrClNO2/c1-3-17-8(2)7-15-12(16)10-6-9(13)4-5-11(10)14/h4-6,8H,3,7H2,1-2H3,(H,15,16). The van der Waals surface area contributed by atoms with Gasteiger partial charge in [-0.25, -0.2) is 0 Å². The van der Waals surface area contributed by atoms with Crippen LogP contribution in [-0.2, 0) is 4.74 Å². The highest BCUT2D eigenvalue weighted by Gasteiger charge is 2.11. The smallest absolute Gasteiger partial charge is 0.252 e. The number of ether oxygens (including phenoxy) is 1. The third kappa shape index (κ3) is 4.66. The SMILES string of the molecule is CCOC(C)CNC(=O)c1cc(Br)ccc1Cl. The van der Waals surface area contributed by atoms with E-state index >= 15 is 0 Å². The Morgan fingerprint density at radius 1 is 1.59 bits per heavy atom. The number of carbonyl (C=O) groups excluding carboxylic acids is 1. The van der Waals surface area contributed by atoms with E-state index in [1.54, 1.807) is 18.2 Å². The number of amides is 1. The fraction of sp³-hybridized carbons (Fsp3) is 0.417. The van der Waals surface area contributed by atoms with Crippen molar-refractivity contribution in [2.75, 3.05) is 13.2 Å². The molecule has 0 aromatic heterocycles. The first-order valence-electron chi connectivity index (χ1n) is 5.39. The predicted octanol–water partition coefficient (Wildman–Crippen LogP) is 3.26. The average Bonchev–Trinajstić information content (AvgIpc) is 2.29. The molecular formula is C12H15BrClNO2. The van der Waals surface area contributed by atoms with Crippen molar-refractivity contribution in [3.63, 3.8) is 0 Å². The van der Waals surface area contributed by atoms with Crippen LogP contribution in [-0.4, -0.2) is 25.2 Å². The van der Waals surface area contributed by atoms with Crippen molar-refractivity contribution in [3.8, 4) is 0 Å². The first-order chi connectivity index (χ1) is 8.04. The third-order valence-electron chi connectivity index (χ3n) is 2.17. The highest BCUT2D eigenvalue weighted by molar-refractivity contribution is 9.10. The van der Waals surface area contributed by atoms with Gasteiger partial charge in [0.1, 0.15) is 0 Å². The van der Waals surface area contributed by atoms with Crippen molar-refractivity contribution in [3.05, 3.63) is 33.3 Å². The topological polar surface area (TPSA) is 38.3 Å². The highest BCUT2D eigenvalue weighted by atomic mass is 79.9. The molecule has 3 nitrogen and oxygen atoms in total. The first kappa shape index (κ1) is 14.5. The summed E-state index contributed by atoms with van der Waals surface area (Å²) in [6, 6.07) is 5.18. The van der Waals surface area contributed by atoms with Crippen LogP contribution in [0.1, 0.15) is 24.2 Å². The normalized spacial score (nSPS) is 12.2. The zero-order valence-electron chi connectivity index (χ0n) is 9.80. The number of carbonyl (C=O) groups is 1. The summed E-state index contributed by atoms with van der Waals surface area (Å²) in [5, 5.41) is 3.22. The molecule has 0 spiro atoms. The van der Waals surface area contributed by atoms with Gasteiger partial charge in [-0.15, -0.1) is 0 Å². The van der Waals surface area contributed by atoms with Crippen molar-refractivity contribution in [2.24, 2.45) is 0 Å². The second-order valence-electron chi connectivity index (χ2n) is 3.60. The van der Waals surface area contributed by atoms with Gasteiger partial charge in [0.15, 0.2) is 0 Å². The largest absolute Gasteiger partial charge is 0.377 e. The highest BCUT2D eigenvalue weighted by Crippen LogP contribution is 2.20. The van der Waals surface area contributed by atoms with Crippen LogP contribution in [0.4, 0.5) is 0 Å². The second-order valence-corrected chi connectivity index (χ2v) is 4.92. The number of nitrogens with one attached hydrogen (secondary N) is 1. The maximum absolute atomic E-state index is 11.9. The van der Waals surface area contributed by atoms with Crippen LogP contribution in [0, 0.1) is 0 Å². The van der Waals surface area contributed by atoms with Gasteiger partial charge in [-0.05, 0) is 32.0 Å². The van der Waals surface area contributed by atoms with Gasteiger partial charge in [0, 0.05) is 17.6 Å². The van der Waals surface area contributed by atoms with Crippen LogP contribution < -0.4 is 5.32 Å². The summed E-state index contributed by atoms with van der Waals surface area (Å²) in [6.45, 7) is 4.93. The maximum atomic E-state index is 11.9. The van der Waals surface area contributed by atoms with Crippen molar-refractivity contribution in [1.29, 1.82) is 0 Å². The maximum Gasteiger partial charge on any atom is 0.252 e. The zero-order chi connectivity index (χ0) is 12.8. The molecule has 0 aliphatic heterocycles. The minimum absolute atomic E-state index is 0.00474. The number of halogens is 2. The van der Waals surface area contributed by atoms with E-state index in [-0.39, 0.29) is 12.0 Å². The molecule has 17 heavy (non-hydrogen) atoms. The number of rotatable bonds is 5. The fourth-order valence-electron chi connectivity index (χ4n) is 1.35. The molecule has 1 rings (SSSR count). The molecule has 0 heterocycles. The molecule has 0 aliphatic rings. The van der Waals surface area contributed by atoms with Gasteiger partial charge in [0.05, 0.1) is 16.7 Å². The van der Waals surface area contributed by atoms with Crippen LogP contribution in [0.25, 0.3) is 0 Å². The summed E-state index contributed by atoms with van der Waals surface area (Å²) >= 11 is 9.26. The number of hydrogen-bond acceptors (Lipinski definition) is 2. The van der Waals surface area contributed by atoms with E-state index in [2.05, 4.69) is 21.2 Å². The van der Waals surface area contributed by atoms with Gasteiger partial charge in [0.2, 0.25) is 0 Å². The van der Waals surface area contributed by atoms with E-state index in [1.165, 1.54) is 0 Å². The second kappa shape index (κ2) is 6.99. The Balaban J connectivity index is 2.61. The van der Waals surface area contributed by atoms with Crippen LogP contribution in [0.5, 0.6) is 0 Å². The van der Waals surface area contributed by atoms with Crippen LogP contribution in [0.15, 0.2) is 22.7 Å². The molecule has 1 aromatic rings. The Hall–Kier alpha value is -0.580. The minimum Gasteiger partial charge on any atom is -0.377 e. The molecule has 0 bridgehead atoms. The summed E-state index contributed by atoms with van der Waals surface area (Å²) in [5.41, 5.74) is 0.463. The van der Waals surface area contributed by atoms with Crippen molar-refractivity contribution in [2.45, 2.75) is 20.0 Å². The van der Waals surface area contributed by atoms with Gasteiger partial charge in [0.25, 0.3) is 5.91 Å². The molecular weight excluding hydrogens is 305 g/mol. The Morgan fingerprint density at radius 2 is 2.29 bits per heavy atom. The lowest BCUT2D eigenvalue weighted by molar-refractivity contribution is 0.0695. The Bertz CT molecular complexity index is 398. The Morgan fingerprint density at radius 3 is 2.94 bits per heavy atom. The molecule has 5 heteroatoms. The van der Waals surface area contributed by atoms with Crippen LogP contribution >= 0.6 is 27.5 Å². The van der Waals surface area contributed by atoms with Gasteiger partial charge in [-0.3, -0.25) is 4.79 Å². The van der Waals surface area contributed by atoms with Gasteiger partial charge in [-0.2, -0.15) is 0 Å². The molecule has 1 N–H and O–H groups in total. The Labute approximate surface area is 115 Å². The molecule has 0 saturated heterocycles.